The fourth-order valence-corrected chi connectivity index (χ4v) is 2.30. The van der Waals surface area contributed by atoms with Gasteiger partial charge in [0, 0.05) is 23.8 Å². The van der Waals surface area contributed by atoms with Gasteiger partial charge in [0.15, 0.2) is 0 Å². The van der Waals surface area contributed by atoms with Crippen molar-refractivity contribution in [2.45, 2.75) is 13.8 Å². The molecule has 2 heterocycles. The Labute approximate surface area is 98.0 Å². The molecule has 1 N–H and O–H groups in total. The molecule has 15 heavy (non-hydrogen) atoms. The van der Waals surface area contributed by atoms with Gasteiger partial charge in [-0.05, 0) is 33.8 Å². The van der Waals surface area contributed by atoms with Crippen molar-refractivity contribution in [3.8, 4) is 0 Å². The highest BCUT2D eigenvalue weighted by molar-refractivity contribution is 9.10. The number of hydrogen-bond donors (Lipinski definition) is 1. The Morgan fingerprint density at radius 2 is 2.07 bits per heavy atom. The van der Waals surface area contributed by atoms with Crippen molar-refractivity contribution in [3.05, 3.63) is 22.4 Å². The second-order valence-corrected chi connectivity index (χ2v) is 5.31. The molecule has 1 amide bonds. The normalized spacial score (nSPS) is 25.9. The standard InChI is InChI=1S/C11H15BrN2O/c1-7-5-14(6-8(7)2)11(15)10-3-9(12)4-13-10/h3-4,7-8,13H,5-6H2,1-2H3. The van der Waals surface area contributed by atoms with Crippen molar-refractivity contribution in [2.24, 2.45) is 11.8 Å². The average molecular weight is 271 g/mol. The third kappa shape index (κ3) is 2.09. The minimum Gasteiger partial charge on any atom is -0.356 e. The van der Waals surface area contributed by atoms with E-state index in [1.807, 2.05) is 11.0 Å². The van der Waals surface area contributed by atoms with E-state index in [0.29, 0.717) is 17.5 Å². The van der Waals surface area contributed by atoms with Crippen LogP contribution in [0.4, 0.5) is 0 Å². The van der Waals surface area contributed by atoms with E-state index in [1.165, 1.54) is 0 Å². The van der Waals surface area contributed by atoms with Gasteiger partial charge in [-0.2, -0.15) is 0 Å². The molecule has 2 unspecified atom stereocenters. The zero-order valence-corrected chi connectivity index (χ0v) is 10.5. The number of halogens is 1. The van der Waals surface area contributed by atoms with E-state index < -0.39 is 0 Å². The minimum atomic E-state index is 0.108. The summed E-state index contributed by atoms with van der Waals surface area (Å²) in [6.07, 6.45) is 1.79. The number of amides is 1. The lowest BCUT2D eigenvalue weighted by Gasteiger charge is -2.14. The number of hydrogen-bond acceptors (Lipinski definition) is 1. The monoisotopic (exact) mass is 270 g/mol. The molecule has 0 saturated carbocycles. The van der Waals surface area contributed by atoms with Gasteiger partial charge in [0.1, 0.15) is 5.69 Å². The van der Waals surface area contributed by atoms with E-state index in [0.717, 1.165) is 17.6 Å². The summed E-state index contributed by atoms with van der Waals surface area (Å²) >= 11 is 3.33. The Morgan fingerprint density at radius 1 is 1.47 bits per heavy atom. The van der Waals surface area contributed by atoms with Crippen LogP contribution in [-0.4, -0.2) is 28.9 Å². The first-order valence-corrected chi connectivity index (χ1v) is 6.00. The Kier molecular flexibility index (Phi) is 2.87. The van der Waals surface area contributed by atoms with Gasteiger partial charge in [0.2, 0.25) is 0 Å². The molecule has 0 bridgehead atoms. The molecule has 1 fully saturated rings. The van der Waals surface area contributed by atoms with Crippen LogP contribution in [0.15, 0.2) is 16.7 Å². The van der Waals surface area contributed by atoms with Crippen LogP contribution in [0, 0.1) is 11.8 Å². The molecule has 0 radical (unpaired) electrons. The smallest absolute Gasteiger partial charge is 0.270 e. The maximum Gasteiger partial charge on any atom is 0.270 e. The number of carbonyl (C=O) groups is 1. The third-order valence-electron chi connectivity index (χ3n) is 3.15. The van der Waals surface area contributed by atoms with Crippen LogP contribution in [0.3, 0.4) is 0 Å². The van der Waals surface area contributed by atoms with Crippen LogP contribution in [-0.2, 0) is 0 Å². The molecule has 82 valence electrons. The molecule has 1 aliphatic rings. The maximum atomic E-state index is 12.0. The molecule has 0 spiro atoms. The predicted molar refractivity (Wildman–Crippen MR) is 62.7 cm³/mol. The molecule has 0 aromatic carbocycles. The summed E-state index contributed by atoms with van der Waals surface area (Å²) in [7, 11) is 0. The van der Waals surface area contributed by atoms with E-state index in [2.05, 4.69) is 34.8 Å². The van der Waals surface area contributed by atoms with E-state index in [4.69, 9.17) is 0 Å². The van der Waals surface area contributed by atoms with E-state index in [9.17, 15) is 4.79 Å². The topological polar surface area (TPSA) is 36.1 Å². The highest BCUT2D eigenvalue weighted by Gasteiger charge is 2.30. The first-order chi connectivity index (χ1) is 7.08. The Bertz CT molecular complexity index is 364. The molecule has 2 atom stereocenters. The zero-order valence-electron chi connectivity index (χ0n) is 8.96. The summed E-state index contributed by atoms with van der Waals surface area (Å²) < 4.78 is 0.922. The third-order valence-corrected chi connectivity index (χ3v) is 3.61. The van der Waals surface area contributed by atoms with Gasteiger partial charge >= 0.3 is 0 Å². The number of aromatic nitrogens is 1. The van der Waals surface area contributed by atoms with Gasteiger partial charge in [-0.1, -0.05) is 13.8 Å². The number of nitrogens with one attached hydrogen (secondary N) is 1. The molecule has 1 aliphatic heterocycles. The summed E-state index contributed by atoms with van der Waals surface area (Å²) in [5.74, 6) is 1.32. The number of nitrogens with zero attached hydrogens (tertiary/aromatic N) is 1. The molecular weight excluding hydrogens is 256 g/mol. The van der Waals surface area contributed by atoms with E-state index in [1.54, 1.807) is 6.20 Å². The Morgan fingerprint density at radius 3 is 2.53 bits per heavy atom. The largest absolute Gasteiger partial charge is 0.356 e. The van der Waals surface area contributed by atoms with Crippen LogP contribution >= 0.6 is 15.9 Å². The molecule has 0 aliphatic carbocycles. The van der Waals surface area contributed by atoms with Gasteiger partial charge in [-0.15, -0.1) is 0 Å². The number of aromatic amines is 1. The quantitative estimate of drug-likeness (QED) is 0.837. The van der Waals surface area contributed by atoms with Crippen molar-refractivity contribution in [3.63, 3.8) is 0 Å². The van der Waals surface area contributed by atoms with Crippen molar-refractivity contribution in [1.29, 1.82) is 0 Å². The van der Waals surface area contributed by atoms with E-state index >= 15 is 0 Å². The van der Waals surface area contributed by atoms with Gasteiger partial charge in [-0.25, -0.2) is 0 Å². The number of carbonyl (C=O) groups excluding carboxylic acids is 1. The lowest BCUT2D eigenvalue weighted by atomic mass is 10.0. The average Bonchev–Trinajstić information content (AvgIpc) is 2.74. The lowest BCUT2D eigenvalue weighted by Crippen LogP contribution is -2.29. The molecule has 1 aromatic heterocycles. The van der Waals surface area contributed by atoms with Crippen LogP contribution < -0.4 is 0 Å². The molecular formula is C11H15BrN2O. The molecule has 2 rings (SSSR count). The summed E-state index contributed by atoms with van der Waals surface area (Å²) in [6.45, 7) is 6.14. The Hall–Kier alpha value is -0.770. The summed E-state index contributed by atoms with van der Waals surface area (Å²) in [4.78, 5) is 16.9. The van der Waals surface area contributed by atoms with Crippen LogP contribution in [0.2, 0.25) is 0 Å². The van der Waals surface area contributed by atoms with Gasteiger partial charge in [0.05, 0.1) is 0 Å². The number of H-pyrrole nitrogens is 1. The number of likely N-dealkylation sites (tertiary alicyclic amines) is 1. The van der Waals surface area contributed by atoms with Crippen molar-refractivity contribution in [1.82, 2.24) is 9.88 Å². The van der Waals surface area contributed by atoms with Crippen LogP contribution in [0.25, 0.3) is 0 Å². The van der Waals surface area contributed by atoms with Crippen molar-refractivity contribution >= 4 is 21.8 Å². The maximum absolute atomic E-state index is 12.0. The highest BCUT2D eigenvalue weighted by atomic mass is 79.9. The second-order valence-electron chi connectivity index (χ2n) is 4.40. The fourth-order valence-electron chi connectivity index (χ4n) is 1.96. The summed E-state index contributed by atoms with van der Waals surface area (Å²) in [5.41, 5.74) is 0.670. The summed E-state index contributed by atoms with van der Waals surface area (Å²) in [6, 6.07) is 1.83. The second kappa shape index (κ2) is 4.00. The van der Waals surface area contributed by atoms with Crippen molar-refractivity contribution in [2.75, 3.05) is 13.1 Å². The fraction of sp³-hybridized carbons (Fsp3) is 0.545. The molecule has 1 aromatic rings. The Balaban J connectivity index is 2.10. The van der Waals surface area contributed by atoms with Gasteiger partial charge < -0.3 is 9.88 Å². The first-order valence-electron chi connectivity index (χ1n) is 5.21. The lowest BCUT2D eigenvalue weighted by molar-refractivity contribution is 0.0780. The van der Waals surface area contributed by atoms with Gasteiger partial charge in [0.25, 0.3) is 5.91 Å². The van der Waals surface area contributed by atoms with Crippen LogP contribution in [0.5, 0.6) is 0 Å². The van der Waals surface area contributed by atoms with Crippen molar-refractivity contribution < 1.29 is 4.79 Å². The first kappa shape index (κ1) is 10.7. The van der Waals surface area contributed by atoms with Gasteiger partial charge in [-0.3, -0.25) is 4.79 Å². The highest BCUT2D eigenvalue weighted by Crippen LogP contribution is 2.24. The number of rotatable bonds is 1. The predicted octanol–water partition coefficient (Wildman–Crippen LogP) is 2.51. The van der Waals surface area contributed by atoms with E-state index in [-0.39, 0.29) is 5.91 Å². The summed E-state index contributed by atoms with van der Waals surface area (Å²) in [5, 5.41) is 0. The van der Waals surface area contributed by atoms with Crippen LogP contribution in [0.1, 0.15) is 24.3 Å². The zero-order chi connectivity index (χ0) is 11.0. The molecule has 1 saturated heterocycles. The SMILES string of the molecule is CC1CN(C(=O)c2cc(Br)c[nH]2)CC1C. The molecule has 4 heteroatoms. The molecule has 3 nitrogen and oxygen atoms in total. The minimum absolute atomic E-state index is 0.108.